The number of aromatic nitrogens is 3. The van der Waals surface area contributed by atoms with Gasteiger partial charge in [0.2, 0.25) is 5.91 Å². The predicted molar refractivity (Wildman–Crippen MR) is 94.5 cm³/mol. The van der Waals surface area contributed by atoms with Crippen molar-refractivity contribution in [3.8, 4) is 17.1 Å². The lowest BCUT2D eigenvalue weighted by atomic mass is 10.2. The molecule has 2 aromatic rings. The van der Waals surface area contributed by atoms with Crippen molar-refractivity contribution >= 4 is 5.91 Å². The fourth-order valence-corrected chi connectivity index (χ4v) is 2.16. The smallest absolute Gasteiger partial charge is 0.273 e. The number of hydrogen-bond donors (Lipinski definition) is 2. The van der Waals surface area contributed by atoms with E-state index in [0.717, 1.165) is 6.54 Å². The summed E-state index contributed by atoms with van der Waals surface area (Å²) in [5.41, 5.74) is 0.611. The molecule has 2 N–H and O–H groups in total. The quantitative estimate of drug-likeness (QED) is 0.721. The second-order valence-electron chi connectivity index (χ2n) is 5.83. The van der Waals surface area contributed by atoms with Gasteiger partial charge in [0.25, 0.3) is 5.56 Å². The molecule has 8 heteroatoms. The number of rotatable bonds is 8. The number of nitrogens with one attached hydrogen (secondary N) is 2. The number of amides is 1. The number of nitrogens with zero attached hydrogens (tertiary/aromatic N) is 3. The van der Waals surface area contributed by atoms with Crippen molar-refractivity contribution in [2.45, 2.75) is 12.8 Å². The van der Waals surface area contributed by atoms with Crippen LogP contribution < -0.4 is 15.6 Å². The van der Waals surface area contributed by atoms with Crippen LogP contribution in [0, 0.1) is 0 Å². The van der Waals surface area contributed by atoms with Gasteiger partial charge in [-0.05, 0) is 26.2 Å². The normalized spacial score (nSPS) is 10.7. The van der Waals surface area contributed by atoms with Gasteiger partial charge in [-0.25, -0.2) is 0 Å². The third-order valence-corrected chi connectivity index (χ3v) is 3.58. The zero-order valence-corrected chi connectivity index (χ0v) is 14.7. The van der Waals surface area contributed by atoms with Gasteiger partial charge in [0.05, 0.1) is 7.11 Å². The van der Waals surface area contributed by atoms with Crippen LogP contribution in [0.5, 0.6) is 5.75 Å². The lowest BCUT2D eigenvalue weighted by molar-refractivity contribution is -0.121. The molecule has 0 saturated carbocycles. The molecule has 2 rings (SSSR count). The summed E-state index contributed by atoms with van der Waals surface area (Å²) in [6.45, 7) is 1.34. The maximum atomic E-state index is 12.2. The van der Waals surface area contributed by atoms with Crippen molar-refractivity contribution in [2.24, 2.45) is 0 Å². The number of H-pyrrole nitrogens is 1. The van der Waals surface area contributed by atoms with E-state index in [1.807, 2.05) is 19.0 Å². The Hall–Kier alpha value is -2.74. The van der Waals surface area contributed by atoms with Gasteiger partial charge in [-0.15, -0.1) is 10.2 Å². The molecule has 0 unspecified atom stereocenters. The molecule has 1 amide bonds. The zero-order chi connectivity index (χ0) is 18.2. The number of carbonyl (C=O) groups excluding carboxylic acids is 1. The molecule has 0 saturated heterocycles. The van der Waals surface area contributed by atoms with Gasteiger partial charge in [0, 0.05) is 31.5 Å². The average Bonchev–Trinajstić information content (AvgIpc) is 2.60. The van der Waals surface area contributed by atoms with Crippen LogP contribution in [0.4, 0.5) is 0 Å². The molecule has 0 fully saturated rings. The Morgan fingerprint density at radius 3 is 2.80 bits per heavy atom. The van der Waals surface area contributed by atoms with E-state index in [2.05, 4.69) is 20.5 Å². The Labute approximate surface area is 146 Å². The van der Waals surface area contributed by atoms with Crippen molar-refractivity contribution in [3.63, 3.8) is 0 Å². The Kier molecular flexibility index (Phi) is 6.64. The van der Waals surface area contributed by atoms with Gasteiger partial charge < -0.3 is 19.9 Å². The molecule has 0 radical (unpaired) electrons. The highest BCUT2D eigenvalue weighted by atomic mass is 16.5. The monoisotopic (exact) mass is 345 g/mol. The second-order valence-corrected chi connectivity index (χ2v) is 5.83. The summed E-state index contributed by atoms with van der Waals surface area (Å²) in [6, 6.07) is 7.18. The molecule has 1 aromatic carbocycles. The number of carbonyl (C=O) groups is 1. The third kappa shape index (κ3) is 5.68. The van der Waals surface area contributed by atoms with Crippen molar-refractivity contribution in [1.29, 1.82) is 0 Å². The molecule has 0 bridgehead atoms. The minimum atomic E-state index is -0.339. The van der Waals surface area contributed by atoms with E-state index < -0.39 is 0 Å². The summed E-state index contributed by atoms with van der Waals surface area (Å²) < 4.78 is 5.15. The number of ether oxygens (including phenoxy) is 1. The third-order valence-electron chi connectivity index (χ3n) is 3.58. The van der Waals surface area contributed by atoms with Gasteiger partial charge in [0.1, 0.15) is 11.4 Å². The van der Waals surface area contributed by atoms with Crippen LogP contribution in [0.15, 0.2) is 29.1 Å². The zero-order valence-electron chi connectivity index (χ0n) is 14.7. The first-order chi connectivity index (χ1) is 12.0. The van der Waals surface area contributed by atoms with Crippen molar-refractivity contribution in [1.82, 2.24) is 25.4 Å². The number of methoxy groups -OCH3 is 1. The SMILES string of the molecule is COc1cccc(-c2nnc(CCC(=O)NCCN(C)C)c(=O)[nH]2)c1. The molecule has 1 aromatic heterocycles. The molecule has 1 heterocycles. The summed E-state index contributed by atoms with van der Waals surface area (Å²) in [5, 5.41) is 10.8. The molecule has 0 aliphatic carbocycles. The van der Waals surface area contributed by atoms with E-state index >= 15 is 0 Å². The molecule has 8 nitrogen and oxygen atoms in total. The molecule has 0 aliphatic heterocycles. The highest BCUT2D eigenvalue weighted by molar-refractivity contribution is 5.76. The van der Waals surface area contributed by atoms with Crippen LogP contribution in [0.1, 0.15) is 12.1 Å². The van der Waals surface area contributed by atoms with Crippen LogP contribution in [0.3, 0.4) is 0 Å². The number of aryl methyl sites for hydroxylation is 1. The fourth-order valence-electron chi connectivity index (χ4n) is 2.16. The molecular weight excluding hydrogens is 322 g/mol. The summed E-state index contributed by atoms with van der Waals surface area (Å²) in [4.78, 5) is 28.6. The average molecular weight is 345 g/mol. The van der Waals surface area contributed by atoms with E-state index in [1.165, 1.54) is 0 Å². The van der Waals surface area contributed by atoms with Gasteiger partial charge in [-0.1, -0.05) is 12.1 Å². The predicted octanol–water partition coefficient (Wildman–Crippen LogP) is 0.451. The Morgan fingerprint density at radius 1 is 1.32 bits per heavy atom. The first-order valence-electron chi connectivity index (χ1n) is 8.01. The minimum Gasteiger partial charge on any atom is -0.497 e. The van der Waals surface area contributed by atoms with Crippen LogP contribution in [-0.2, 0) is 11.2 Å². The summed E-state index contributed by atoms with van der Waals surface area (Å²) in [7, 11) is 5.44. The summed E-state index contributed by atoms with van der Waals surface area (Å²) in [5.74, 6) is 0.918. The standard InChI is InChI=1S/C17H23N5O3/c1-22(2)10-9-18-15(23)8-7-14-17(24)19-16(21-20-14)12-5-4-6-13(11-12)25-3/h4-6,11H,7-10H2,1-3H3,(H,18,23)(H,19,21,24). The lowest BCUT2D eigenvalue weighted by Crippen LogP contribution is -2.32. The lowest BCUT2D eigenvalue weighted by Gasteiger charge is -2.10. The fraction of sp³-hybridized carbons (Fsp3) is 0.412. The molecule has 0 atom stereocenters. The van der Waals surface area contributed by atoms with Crippen molar-refractivity contribution < 1.29 is 9.53 Å². The van der Waals surface area contributed by atoms with Gasteiger partial charge in [0.15, 0.2) is 5.82 Å². The Morgan fingerprint density at radius 2 is 2.12 bits per heavy atom. The highest BCUT2D eigenvalue weighted by Crippen LogP contribution is 2.19. The maximum absolute atomic E-state index is 12.2. The van der Waals surface area contributed by atoms with Crippen LogP contribution in [0.2, 0.25) is 0 Å². The molecule has 25 heavy (non-hydrogen) atoms. The number of benzene rings is 1. The molecule has 0 spiro atoms. The summed E-state index contributed by atoms with van der Waals surface area (Å²) >= 11 is 0. The van der Waals surface area contributed by atoms with E-state index in [9.17, 15) is 9.59 Å². The molecule has 0 aliphatic rings. The maximum Gasteiger partial charge on any atom is 0.273 e. The van der Waals surface area contributed by atoms with Gasteiger partial charge in [-0.3, -0.25) is 9.59 Å². The topological polar surface area (TPSA) is 100 Å². The van der Waals surface area contributed by atoms with Crippen LogP contribution in [0.25, 0.3) is 11.4 Å². The van der Waals surface area contributed by atoms with Gasteiger partial charge >= 0.3 is 0 Å². The van der Waals surface area contributed by atoms with E-state index in [4.69, 9.17) is 4.74 Å². The number of hydrogen-bond acceptors (Lipinski definition) is 6. The highest BCUT2D eigenvalue weighted by Gasteiger charge is 2.10. The Bertz CT molecular complexity index is 773. The number of aromatic amines is 1. The van der Waals surface area contributed by atoms with Crippen molar-refractivity contribution in [2.75, 3.05) is 34.3 Å². The van der Waals surface area contributed by atoms with E-state index in [1.54, 1.807) is 31.4 Å². The second kappa shape index (κ2) is 8.93. The van der Waals surface area contributed by atoms with Crippen LogP contribution >= 0.6 is 0 Å². The molecule has 134 valence electrons. The van der Waals surface area contributed by atoms with Gasteiger partial charge in [-0.2, -0.15) is 0 Å². The van der Waals surface area contributed by atoms with Crippen molar-refractivity contribution in [3.05, 3.63) is 40.3 Å². The van der Waals surface area contributed by atoms with E-state index in [-0.39, 0.29) is 30.0 Å². The first-order valence-corrected chi connectivity index (χ1v) is 8.01. The summed E-state index contributed by atoms with van der Waals surface area (Å²) in [6.07, 6.45) is 0.443. The Balaban J connectivity index is 1.97. The number of likely N-dealkylation sites (N-methyl/N-ethyl adjacent to an activating group) is 1. The largest absolute Gasteiger partial charge is 0.497 e. The van der Waals surface area contributed by atoms with Crippen LogP contribution in [-0.4, -0.2) is 60.3 Å². The minimum absolute atomic E-state index is 0.111. The first kappa shape index (κ1) is 18.6. The van der Waals surface area contributed by atoms with E-state index in [0.29, 0.717) is 23.7 Å². The molecular formula is C17H23N5O3.